The van der Waals surface area contributed by atoms with Gasteiger partial charge in [-0.1, -0.05) is 66.2 Å². The molecule has 0 spiro atoms. The molecule has 0 amide bonds. The number of hydrogen-bond donors (Lipinski definition) is 1. The molecular formula is C29H25ClFN2NaO4S. The first kappa shape index (κ1) is 30.8. The van der Waals surface area contributed by atoms with Gasteiger partial charge in [0.05, 0.1) is 22.2 Å². The Balaban J connectivity index is 0.000000324. The van der Waals surface area contributed by atoms with E-state index in [1.54, 1.807) is 37.4 Å². The second kappa shape index (κ2) is 13.5. The molecule has 0 unspecified atom stereocenters. The quantitative estimate of drug-likeness (QED) is 0.257. The van der Waals surface area contributed by atoms with E-state index < -0.39 is 17.2 Å². The first-order chi connectivity index (χ1) is 18.3. The number of nitrogens with zero attached hydrogens (tertiary/aromatic N) is 1. The van der Waals surface area contributed by atoms with E-state index in [1.165, 1.54) is 17.6 Å². The van der Waals surface area contributed by atoms with Gasteiger partial charge in [-0.3, -0.25) is 4.79 Å². The molecule has 5 rings (SSSR count). The third kappa shape index (κ3) is 6.88. The third-order valence-corrected chi connectivity index (χ3v) is 7.75. The number of benzene rings is 3. The van der Waals surface area contributed by atoms with Gasteiger partial charge in [0.15, 0.2) is 0 Å². The molecule has 1 saturated carbocycles. The fourth-order valence-corrected chi connectivity index (χ4v) is 5.39. The molecule has 3 aromatic carbocycles. The smallest absolute Gasteiger partial charge is 0.549 e. The van der Waals surface area contributed by atoms with Crippen molar-refractivity contribution in [2.45, 2.75) is 31.8 Å². The monoisotopic (exact) mass is 574 g/mol. The summed E-state index contributed by atoms with van der Waals surface area (Å²) in [5.74, 6) is -1.44. The molecule has 1 heterocycles. The van der Waals surface area contributed by atoms with Crippen molar-refractivity contribution in [1.82, 2.24) is 4.37 Å². The molecule has 39 heavy (non-hydrogen) atoms. The summed E-state index contributed by atoms with van der Waals surface area (Å²) in [5, 5.41) is 14.8. The number of carbonyl (C=O) groups excluding carboxylic acids is 2. The van der Waals surface area contributed by atoms with E-state index in [2.05, 4.69) is 14.4 Å². The molecule has 0 radical (unpaired) electrons. The molecule has 0 aliphatic heterocycles. The van der Waals surface area contributed by atoms with Crippen LogP contribution in [-0.2, 0) is 26.3 Å². The molecule has 1 aliphatic carbocycles. The van der Waals surface area contributed by atoms with Gasteiger partial charge in [-0.25, -0.2) is 4.39 Å². The molecule has 10 heteroatoms. The number of hydrogen-bond acceptors (Lipinski definition) is 7. The average Bonchev–Trinajstić information content (AvgIpc) is 3.67. The molecule has 1 fully saturated rings. The van der Waals surface area contributed by atoms with Crippen molar-refractivity contribution in [2.75, 3.05) is 12.4 Å². The molecule has 196 valence electrons. The number of aryl methyl sites for hydroxylation is 1. The van der Waals surface area contributed by atoms with Gasteiger partial charge < -0.3 is 20.0 Å². The van der Waals surface area contributed by atoms with E-state index >= 15 is 0 Å². The van der Waals surface area contributed by atoms with Crippen LogP contribution in [0.3, 0.4) is 0 Å². The Kier molecular flexibility index (Phi) is 10.7. The van der Waals surface area contributed by atoms with Gasteiger partial charge in [0.1, 0.15) is 12.4 Å². The van der Waals surface area contributed by atoms with Crippen LogP contribution in [0.2, 0.25) is 5.02 Å². The van der Waals surface area contributed by atoms with Gasteiger partial charge >= 0.3 is 29.6 Å². The summed E-state index contributed by atoms with van der Waals surface area (Å²) in [7, 11) is 1.77. The first-order valence-corrected chi connectivity index (χ1v) is 13.0. The maximum absolute atomic E-state index is 14.9. The molecule has 0 saturated heterocycles. The maximum atomic E-state index is 14.9. The number of carboxylic acid groups (broad SMARTS) is 1. The topological polar surface area (TPSA) is 91.4 Å². The standard InChI is InChI=1S/C21H18ClFN2O2S.C8H8O2.Na/c1-11-18(24-2)19(28-25-11)15-9-16(22)14(10-17(15)23)12-3-5-13(6-4-12)21(7-8-21)20(26)27;9-7-10-6-8-4-2-1-3-5-8;/h3-6,9-10,24H,7-8H2,1-2H3,(H,26,27);1-5,7H,6H2;/q;;+1/p-1. The Bertz CT molecular complexity index is 1440. The number of carbonyl (C=O) groups is 2. The Hall–Kier alpha value is -2.75. The minimum Gasteiger partial charge on any atom is -0.549 e. The summed E-state index contributed by atoms with van der Waals surface area (Å²) >= 11 is 7.69. The van der Waals surface area contributed by atoms with E-state index in [0.717, 1.165) is 22.5 Å². The van der Waals surface area contributed by atoms with Gasteiger partial charge in [-0.05, 0) is 60.1 Å². The fraction of sp³-hybridized carbons (Fsp3) is 0.207. The number of nitrogens with one attached hydrogen (secondary N) is 1. The Morgan fingerprint density at radius 1 is 1.15 bits per heavy atom. The van der Waals surface area contributed by atoms with Crippen LogP contribution in [0.5, 0.6) is 0 Å². The van der Waals surface area contributed by atoms with E-state index in [1.807, 2.05) is 37.3 Å². The van der Waals surface area contributed by atoms with Crippen LogP contribution in [0.1, 0.15) is 29.7 Å². The summed E-state index contributed by atoms with van der Waals surface area (Å²) in [6.07, 6.45) is 1.17. The zero-order chi connectivity index (χ0) is 27.3. The van der Waals surface area contributed by atoms with Crippen molar-refractivity contribution in [3.05, 3.63) is 94.4 Å². The van der Waals surface area contributed by atoms with Crippen molar-refractivity contribution < 1.29 is 53.4 Å². The zero-order valence-electron chi connectivity index (χ0n) is 21.8. The van der Waals surface area contributed by atoms with Gasteiger partial charge in [0.25, 0.3) is 6.47 Å². The first-order valence-electron chi connectivity index (χ1n) is 11.9. The summed E-state index contributed by atoms with van der Waals surface area (Å²) in [4.78, 5) is 21.8. The molecule has 0 bridgehead atoms. The fourth-order valence-electron chi connectivity index (χ4n) is 4.20. The molecule has 0 atom stereocenters. The summed E-state index contributed by atoms with van der Waals surface area (Å²) in [5.41, 5.74) is 4.12. The van der Waals surface area contributed by atoms with E-state index in [0.29, 0.717) is 52.5 Å². The number of carboxylic acids is 1. The van der Waals surface area contributed by atoms with Crippen LogP contribution in [0.25, 0.3) is 21.6 Å². The predicted octanol–water partition coefficient (Wildman–Crippen LogP) is 2.76. The van der Waals surface area contributed by atoms with Crippen LogP contribution in [0.15, 0.2) is 66.7 Å². The third-order valence-electron chi connectivity index (χ3n) is 6.46. The maximum Gasteiger partial charge on any atom is 1.00 e. The van der Waals surface area contributed by atoms with Crippen LogP contribution >= 0.6 is 23.1 Å². The van der Waals surface area contributed by atoms with Crippen LogP contribution in [-0.4, -0.2) is 23.9 Å². The molecule has 4 aromatic rings. The number of aliphatic carboxylic acids is 1. The number of ether oxygens (including phenoxy) is 1. The number of aromatic nitrogens is 1. The van der Waals surface area contributed by atoms with Crippen LogP contribution in [0, 0.1) is 12.7 Å². The number of rotatable bonds is 8. The average molecular weight is 575 g/mol. The van der Waals surface area contributed by atoms with E-state index in [4.69, 9.17) is 11.6 Å². The van der Waals surface area contributed by atoms with Gasteiger partial charge in [0, 0.05) is 28.6 Å². The Labute approximate surface area is 257 Å². The van der Waals surface area contributed by atoms with Crippen molar-refractivity contribution in [3.63, 3.8) is 0 Å². The van der Waals surface area contributed by atoms with Gasteiger partial charge in [0.2, 0.25) is 0 Å². The molecular weight excluding hydrogens is 550 g/mol. The second-order valence-electron chi connectivity index (χ2n) is 8.87. The molecule has 1 aromatic heterocycles. The molecule has 6 nitrogen and oxygen atoms in total. The minimum atomic E-state index is -1.05. The SMILES string of the molecule is CNc1c(C)nsc1-c1cc(Cl)c(-c2ccc(C3(C(=O)[O-])CC3)cc2)cc1F.O=COCc1ccccc1.[Na+]. The largest absolute Gasteiger partial charge is 1.00 e. The van der Waals surface area contributed by atoms with E-state index in [-0.39, 0.29) is 29.6 Å². The normalized spacial score (nSPS) is 12.8. The van der Waals surface area contributed by atoms with Crippen molar-refractivity contribution in [2.24, 2.45) is 0 Å². The van der Waals surface area contributed by atoms with Gasteiger partial charge in [-0.15, -0.1) is 0 Å². The molecule has 1 N–H and O–H groups in total. The molecule has 1 aliphatic rings. The Morgan fingerprint density at radius 3 is 2.38 bits per heavy atom. The summed E-state index contributed by atoms with van der Waals surface area (Å²) < 4.78 is 23.7. The van der Waals surface area contributed by atoms with Crippen LogP contribution in [0.4, 0.5) is 10.1 Å². The zero-order valence-corrected chi connectivity index (χ0v) is 25.4. The van der Waals surface area contributed by atoms with Crippen molar-refractivity contribution in [1.29, 1.82) is 0 Å². The van der Waals surface area contributed by atoms with E-state index in [9.17, 15) is 19.1 Å². The predicted molar refractivity (Wildman–Crippen MR) is 145 cm³/mol. The van der Waals surface area contributed by atoms with Crippen LogP contribution < -0.4 is 40.0 Å². The summed E-state index contributed by atoms with van der Waals surface area (Å²) in [6.45, 7) is 2.68. The minimum absolute atomic E-state index is 0. The number of halogens is 2. The summed E-state index contributed by atoms with van der Waals surface area (Å²) in [6, 6.07) is 19.6. The van der Waals surface area contributed by atoms with Crippen molar-refractivity contribution >= 4 is 41.3 Å². The number of anilines is 1. The Morgan fingerprint density at radius 2 is 1.82 bits per heavy atom. The second-order valence-corrected chi connectivity index (χ2v) is 10.1. The van der Waals surface area contributed by atoms with Crippen molar-refractivity contribution in [3.8, 4) is 21.6 Å². The van der Waals surface area contributed by atoms with Gasteiger partial charge in [-0.2, -0.15) is 4.37 Å².